The number of fused-ring (bicyclic) bond motifs is 1. The average molecular weight is 401 g/mol. The number of para-hydroxylation sites is 1. The molecule has 0 radical (unpaired) electrons. The van der Waals surface area contributed by atoms with E-state index in [1.807, 2.05) is 0 Å². The largest absolute Gasteiger partial charge is 0.444 e. The molecular weight excluding hydrogens is 380 g/mol. The lowest BCUT2D eigenvalue weighted by Crippen LogP contribution is -2.37. The van der Waals surface area contributed by atoms with Gasteiger partial charge in [-0.25, -0.2) is 18.6 Å². The highest BCUT2D eigenvalue weighted by Crippen LogP contribution is 2.20. The van der Waals surface area contributed by atoms with E-state index >= 15 is 0 Å². The van der Waals surface area contributed by atoms with E-state index in [1.54, 1.807) is 52.0 Å². The van der Waals surface area contributed by atoms with Gasteiger partial charge in [0.2, 0.25) is 0 Å². The molecule has 3 aromatic rings. The average Bonchev–Trinajstić information content (AvgIpc) is 2.59. The number of hydrogen-bond donors (Lipinski definition) is 1. The van der Waals surface area contributed by atoms with Crippen LogP contribution in [0, 0.1) is 11.6 Å². The van der Waals surface area contributed by atoms with Gasteiger partial charge in [0.1, 0.15) is 23.1 Å². The Morgan fingerprint density at radius 2 is 1.76 bits per heavy atom. The number of nitrogens with one attached hydrogen (secondary N) is 1. The van der Waals surface area contributed by atoms with E-state index in [-0.39, 0.29) is 16.9 Å². The first kappa shape index (κ1) is 20.4. The van der Waals surface area contributed by atoms with Crippen molar-refractivity contribution in [1.29, 1.82) is 0 Å². The van der Waals surface area contributed by atoms with Gasteiger partial charge in [-0.15, -0.1) is 0 Å². The van der Waals surface area contributed by atoms with Crippen LogP contribution in [0.1, 0.15) is 39.6 Å². The van der Waals surface area contributed by atoms with Crippen LogP contribution in [0.15, 0.2) is 47.3 Å². The number of hydrogen-bond acceptors (Lipinski definition) is 4. The molecule has 0 saturated carbocycles. The van der Waals surface area contributed by atoms with Gasteiger partial charge in [-0.2, -0.15) is 0 Å². The van der Waals surface area contributed by atoms with Gasteiger partial charge in [-0.3, -0.25) is 9.36 Å². The van der Waals surface area contributed by atoms with Gasteiger partial charge in [-0.05, 0) is 52.0 Å². The first-order valence-electron chi connectivity index (χ1n) is 9.03. The van der Waals surface area contributed by atoms with Gasteiger partial charge in [-0.1, -0.05) is 12.1 Å². The van der Waals surface area contributed by atoms with Crippen molar-refractivity contribution in [3.63, 3.8) is 0 Å². The van der Waals surface area contributed by atoms with E-state index in [9.17, 15) is 18.4 Å². The number of rotatable bonds is 3. The van der Waals surface area contributed by atoms with E-state index in [0.717, 1.165) is 16.7 Å². The van der Waals surface area contributed by atoms with Crippen LogP contribution in [0.5, 0.6) is 0 Å². The highest BCUT2D eigenvalue weighted by Gasteiger charge is 2.23. The van der Waals surface area contributed by atoms with E-state index in [0.29, 0.717) is 11.6 Å². The fourth-order valence-electron chi connectivity index (χ4n) is 2.91. The zero-order chi connectivity index (χ0) is 21.3. The van der Waals surface area contributed by atoms with Crippen LogP contribution in [0.3, 0.4) is 0 Å². The molecule has 29 heavy (non-hydrogen) atoms. The predicted molar refractivity (Wildman–Crippen MR) is 105 cm³/mol. The van der Waals surface area contributed by atoms with E-state index in [2.05, 4.69) is 10.3 Å². The van der Waals surface area contributed by atoms with Crippen molar-refractivity contribution in [2.75, 3.05) is 0 Å². The van der Waals surface area contributed by atoms with E-state index in [1.165, 1.54) is 0 Å². The van der Waals surface area contributed by atoms with Crippen LogP contribution in [-0.4, -0.2) is 21.2 Å². The summed E-state index contributed by atoms with van der Waals surface area (Å²) in [5.74, 6) is -1.55. The van der Waals surface area contributed by atoms with Crippen molar-refractivity contribution in [1.82, 2.24) is 14.9 Å². The molecule has 0 aliphatic heterocycles. The van der Waals surface area contributed by atoms with Crippen molar-refractivity contribution < 1.29 is 18.3 Å². The second-order valence-corrected chi connectivity index (χ2v) is 7.62. The molecule has 0 bridgehead atoms. The third-order valence-corrected chi connectivity index (χ3v) is 4.03. The normalized spacial score (nSPS) is 12.6. The highest BCUT2D eigenvalue weighted by molar-refractivity contribution is 5.78. The van der Waals surface area contributed by atoms with E-state index in [4.69, 9.17) is 4.74 Å². The number of alkyl carbamates (subject to hydrolysis) is 1. The molecule has 8 heteroatoms. The Bertz CT molecular complexity index is 1120. The van der Waals surface area contributed by atoms with E-state index < -0.39 is 34.9 Å². The molecule has 0 fully saturated rings. The van der Waals surface area contributed by atoms with Crippen LogP contribution in [0.2, 0.25) is 0 Å². The van der Waals surface area contributed by atoms with Crippen molar-refractivity contribution in [3.05, 3.63) is 70.3 Å². The summed E-state index contributed by atoms with van der Waals surface area (Å²) >= 11 is 0. The molecule has 0 aliphatic carbocycles. The lowest BCUT2D eigenvalue weighted by atomic mass is 10.2. The first-order valence-corrected chi connectivity index (χ1v) is 9.03. The minimum atomic E-state index is -0.834. The Morgan fingerprint density at radius 3 is 2.38 bits per heavy atom. The number of aromatic nitrogens is 2. The van der Waals surface area contributed by atoms with Crippen molar-refractivity contribution >= 4 is 17.0 Å². The Hall–Kier alpha value is -3.29. The summed E-state index contributed by atoms with van der Waals surface area (Å²) < 4.78 is 34.0. The molecule has 1 heterocycles. The molecule has 1 amide bonds. The summed E-state index contributed by atoms with van der Waals surface area (Å²) in [7, 11) is 0. The lowest BCUT2D eigenvalue weighted by molar-refractivity contribution is 0.0505. The molecule has 3 rings (SSSR count). The maximum absolute atomic E-state index is 13.8. The summed E-state index contributed by atoms with van der Waals surface area (Å²) in [4.78, 5) is 29.8. The number of ether oxygens (including phenoxy) is 1. The standard InChI is InChI=1S/C21H21F2N3O3/c1-12(24-20(28)29-21(2,3)4)18-25-17-8-6-5-7-16(17)19(27)26(18)15-10-13(22)9-14(23)11-15/h5-12H,1-4H3,(H,24,28). The monoisotopic (exact) mass is 401 g/mol. The summed E-state index contributed by atoms with van der Waals surface area (Å²) in [6.45, 7) is 6.76. The van der Waals surface area contributed by atoms with Gasteiger partial charge in [0.15, 0.2) is 0 Å². The maximum atomic E-state index is 13.8. The molecule has 1 atom stereocenters. The van der Waals surface area contributed by atoms with Crippen molar-refractivity contribution in [2.45, 2.75) is 39.3 Å². The molecule has 6 nitrogen and oxygen atoms in total. The quantitative estimate of drug-likeness (QED) is 0.712. The fraction of sp³-hybridized carbons (Fsp3) is 0.286. The molecule has 1 unspecified atom stereocenters. The highest BCUT2D eigenvalue weighted by atomic mass is 19.1. The first-order chi connectivity index (χ1) is 13.5. The Morgan fingerprint density at radius 1 is 1.14 bits per heavy atom. The minimum absolute atomic E-state index is 0.0291. The molecule has 0 spiro atoms. The second kappa shape index (κ2) is 7.62. The Labute approximate surface area is 166 Å². The number of nitrogens with zero attached hydrogens (tertiary/aromatic N) is 2. The topological polar surface area (TPSA) is 73.2 Å². The van der Waals surface area contributed by atoms with Crippen LogP contribution in [0.25, 0.3) is 16.6 Å². The Kier molecular flexibility index (Phi) is 5.37. The van der Waals surface area contributed by atoms with Crippen molar-refractivity contribution in [3.8, 4) is 5.69 Å². The molecule has 0 saturated heterocycles. The summed E-state index contributed by atoms with van der Waals surface area (Å²) in [6, 6.07) is 8.61. The van der Waals surface area contributed by atoms with Crippen LogP contribution >= 0.6 is 0 Å². The minimum Gasteiger partial charge on any atom is -0.444 e. The molecule has 1 N–H and O–H groups in total. The zero-order valence-electron chi connectivity index (χ0n) is 16.5. The Balaban J connectivity index is 2.17. The molecule has 0 aliphatic rings. The summed E-state index contributed by atoms with van der Waals surface area (Å²) in [6.07, 6.45) is -0.704. The smallest absolute Gasteiger partial charge is 0.408 e. The summed E-state index contributed by atoms with van der Waals surface area (Å²) in [5.41, 5.74) is -0.850. The molecule has 1 aromatic heterocycles. The van der Waals surface area contributed by atoms with Gasteiger partial charge < -0.3 is 10.1 Å². The number of benzene rings is 2. The van der Waals surface area contributed by atoms with Gasteiger partial charge >= 0.3 is 6.09 Å². The third-order valence-electron chi connectivity index (χ3n) is 4.03. The molecular formula is C21H21F2N3O3. The summed E-state index contributed by atoms with van der Waals surface area (Å²) in [5, 5.41) is 2.90. The van der Waals surface area contributed by atoms with Crippen LogP contribution < -0.4 is 10.9 Å². The predicted octanol–water partition coefficient (Wildman–Crippen LogP) is 4.25. The second-order valence-electron chi connectivity index (χ2n) is 7.62. The van der Waals surface area contributed by atoms with Gasteiger partial charge in [0, 0.05) is 6.07 Å². The van der Waals surface area contributed by atoms with Gasteiger partial charge in [0.05, 0.1) is 22.6 Å². The number of carbonyl (C=O) groups is 1. The lowest BCUT2D eigenvalue weighted by Gasteiger charge is -2.23. The van der Waals surface area contributed by atoms with Crippen LogP contribution in [-0.2, 0) is 4.74 Å². The number of amides is 1. The molecule has 2 aromatic carbocycles. The van der Waals surface area contributed by atoms with Crippen LogP contribution in [0.4, 0.5) is 13.6 Å². The van der Waals surface area contributed by atoms with Crippen molar-refractivity contribution in [2.24, 2.45) is 0 Å². The number of carbonyl (C=O) groups excluding carboxylic acids is 1. The number of halogens is 2. The third kappa shape index (κ3) is 4.59. The SMILES string of the molecule is CC(NC(=O)OC(C)(C)C)c1nc2ccccc2c(=O)n1-c1cc(F)cc(F)c1. The fourth-order valence-corrected chi connectivity index (χ4v) is 2.91. The molecule has 152 valence electrons. The van der Waals surface area contributed by atoms with Gasteiger partial charge in [0.25, 0.3) is 5.56 Å². The maximum Gasteiger partial charge on any atom is 0.408 e. The zero-order valence-corrected chi connectivity index (χ0v) is 16.5.